The molecule has 4 aliphatic rings. The Morgan fingerprint density at radius 2 is 0.429 bits per heavy atom. The molecule has 0 N–H and O–H groups in total. The van der Waals surface area contributed by atoms with Gasteiger partial charge in [0.05, 0.1) is 5.69 Å². The Kier molecular flexibility index (Phi) is 16.0. The van der Waals surface area contributed by atoms with Crippen molar-refractivity contribution in [1.29, 1.82) is 0 Å². The number of para-hydroxylation sites is 4. The van der Waals surface area contributed by atoms with Gasteiger partial charge in [-0.3, -0.25) is 0 Å². The summed E-state index contributed by atoms with van der Waals surface area (Å²) in [7, 11) is 0. The van der Waals surface area contributed by atoms with Gasteiger partial charge in [-0.1, -0.05) is 298 Å². The summed E-state index contributed by atoms with van der Waals surface area (Å²) in [6, 6.07) is 140. The van der Waals surface area contributed by atoms with Crippen molar-refractivity contribution in [2.24, 2.45) is 0 Å². The smallest absolute Gasteiger partial charge is 0.0546 e. The summed E-state index contributed by atoms with van der Waals surface area (Å²) >= 11 is 0. The standard InChI is InChI=1S/C56H43N.C54H43N/c1-55(2)50-21-13-11-19-45(50)47-27-25-38(33-52(47)55)36-23-24-37-32-49-42(30-40(37)29-36)31-41(35-54(49)57(43-15-7-5-8-16-43)44-17-9-6-10-18-44)39-26-28-48-46-20-12-14-22-51(46)56(3,4)53(48)34-39;1-53(2)49-21-13-11-19-45(49)47-29-25-37(34-51(47)53)40-31-39(32-41(33-40)38-26-30-48-46-20-12-14-22-50(46)54(3,4)52(48)35-38)36-23-27-44(28-24-36)55(42-15-7-5-8-16-42)43-17-9-6-10-18-43/h5-35H,1-4H3;5-35H,1-4H3. The number of hydrogen-bond donors (Lipinski definition) is 0. The van der Waals surface area contributed by atoms with Crippen molar-refractivity contribution in [2.75, 3.05) is 9.80 Å². The van der Waals surface area contributed by atoms with E-state index in [1.807, 2.05) is 0 Å². The molecule has 21 rings (SSSR count). The molecule has 0 amide bonds. The van der Waals surface area contributed by atoms with E-state index in [4.69, 9.17) is 0 Å². The summed E-state index contributed by atoms with van der Waals surface area (Å²) in [6.07, 6.45) is 0. The quantitative estimate of drug-likeness (QED) is 0.119. The minimum atomic E-state index is -0.0795. The van der Waals surface area contributed by atoms with E-state index < -0.39 is 0 Å². The molecule has 0 bridgehead atoms. The Morgan fingerprint density at radius 1 is 0.161 bits per heavy atom. The van der Waals surface area contributed by atoms with Crippen LogP contribution in [-0.4, -0.2) is 0 Å². The number of rotatable bonds is 11. The Labute approximate surface area is 658 Å². The third-order valence-corrected chi connectivity index (χ3v) is 25.2. The molecule has 0 fully saturated rings. The normalized spacial score (nSPS) is 14.2. The Morgan fingerprint density at radius 3 is 0.804 bits per heavy atom. The topological polar surface area (TPSA) is 6.48 Å². The van der Waals surface area contributed by atoms with E-state index in [0.29, 0.717) is 0 Å². The molecule has 4 aliphatic carbocycles. The van der Waals surface area contributed by atoms with E-state index >= 15 is 0 Å². The molecule has 17 aromatic carbocycles. The first-order valence-electron chi connectivity index (χ1n) is 39.6. The van der Waals surface area contributed by atoms with Crippen LogP contribution in [0.3, 0.4) is 0 Å². The van der Waals surface area contributed by atoms with Crippen molar-refractivity contribution < 1.29 is 0 Å². The molecule has 0 saturated heterocycles. The molecule has 0 atom stereocenters. The molecule has 0 heterocycles. The predicted molar refractivity (Wildman–Crippen MR) is 475 cm³/mol. The molecule has 2 nitrogen and oxygen atoms in total. The van der Waals surface area contributed by atoms with E-state index in [-0.39, 0.29) is 21.7 Å². The number of hydrogen-bond acceptors (Lipinski definition) is 2. The first-order chi connectivity index (χ1) is 54.5. The van der Waals surface area contributed by atoms with Gasteiger partial charge in [-0.05, 0) is 294 Å². The van der Waals surface area contributed by atoms with E-state index in [1.165, 1.54) is 166 Å². The highest BCUT2D eigenvalue weighted by Gasteiger charge is 2.40. The Bertz CT molecular complexity index is 6390. The molecule has 0 aliphatic heterocycles. The fraction of sp³-hybridized carbons (Fsp3) is 0.109. The highest BCUT2D eigenvalue weighted by molar-refractivity contribution is 6.09. The van der Waals surface area contributed by atoms with Crippen molar-refractivity contribution in [3.05, 3.63) is 421 Å². The maximum atomic E-state index is 2.45. The summed E-state index contributed by atoms with van der Waals surface area (Å²) in [5.74, 6) is 0. The van der Waals surface area contributed by atoms with E-state index in [0.717, 1.165) is 34.1 Å². The zero-order chi connectivity index (χ0) is 75.8. The van der Waals surface area contributed by atoms with Crippen molar-refractivity contribution in [3.63, 3.8) is 0 Å². The summed E-state index contributed by atoms with van der Waals surface area (Å²) in [4.78, 5) is 4.74. The molecule has 0 spiro atoms. The van der Waals surface area contributed by atoms with Crippen molar-refractivity contribution in [3.8, 4) is 100 Å². The van der Waals surface area contributed by atoms with Crippen LogP contribution in [0.15, 0.2) is 376 Å². The van der Waals surface area contributed by atoms with Gasteiger partial charge in [-0.2, -0.15) is 0 Å². The van der Waals surface area contributed by atoms with Gasteiger partial charge in [0.25, 0.3) is 0 Å². The van der Waals surface area contributed by atoms with Crippen LogP contribution in [0.4, 0.5) is 34.1 Å². The Balaban J connectivity index is 0.000000146. The lowest BCUT2D eigenvalue weighted by Crippen LogP contribution is -2.15. The predicted octanol–water partition coefficient (Wildman–Crippen LogP) is 30.2. The zero-order valence-corrected chi connectivity index (χ0v) is 64.7. The van der Waals surface area contributed by atoms with Gasteiger partial charge in [-0.25, -0.2) is 0 Å². The molecular weight excluding hydrogens is 1350 g/mol. The molecule has 536 valence electrons. The first kappa shape index (κ1) is 68.2. The second-order valence-electron chi connectivity index (χ2n) is 33.2. The average Bonchev–Trinajstić information content (AvgIpc) is 1.63. The Hall–Kier alpha value is -13.1. The second-order valence-corrected chi connectivity index (χ2v) is 33.2. The highest BCUT2D eigenvalue weighted by Crippen LogP contribution is 2.56. The van der Waals surface area contributed by atoms with Crippen LogP contribution >= 0.6 is 0 Å². The molecule has 0 radical (unpaired) electrons. The molecule has 2 heteroatoms. The lowest BCUT2D eigenvalue weighted by Gasteiger charge is -2.28. The molecule has 112 heavy (non-hydrogen) atoms. The van der Waals surface area contributed by atoms with Crippen LogP contribution in [0.1, 0.15) is 99.9 Å². The summed E-state index contributed by atoms with van der Waals surface area (Å²) in [5.41, 5.74) is 40.8. The van der Waals surface area contributed by atoms with Gasteiger partial charge in [0.2, 0.25) is 0 Å². The first-order valence-corrected chi connectivity index (χ1v) is 39.6. The van der Waals surface area contributed by atoms with Crippen LogP contribution in [0.2, 0.25) is 0 Å². The average molecular weight is 1440 g/mol. The van der Waals surface area contributed by atoms with E-state index in [2.05, 4.69) is 441 Å². The van der Waals surface area contributed by atoms with Gasteiger partial charge in [0.15, 0.2) is 0 Å². The van der Waals surface area contributed by atoms with Gasteiger partial charge in [-0.15, -0.1) is 0 Å². The fourth-order valence-electron chi connectivity index (χ4n) is 19.3. The third kappa shape index (κ3) is 11.2. The maximum absolute atomic E-state index is 2.45. The van der Waals surface area contributed by atoms with E-state index in [9.17, 15) is 0 Å². The van der Waals surface area contributed by atoms with Crippen molar-refractivity contribution in [1.82, 2.24) is 0 Å². The van der Waals surface area contributed by atoms with Gasteiger partial charge >= 0.3 is 0 Å². The van der Waals surface area contributed by atoms with Gasteiger partial charge in [0, 0.05) is 55.5 Å². The zero-order valence-electron chi connectivity index (χ0n) is 64.7. The molecule has 0 saturated carbocycles. The highest BCUT2D eigenvalue weighted by atomic mass is 15.1. The number of benzene rings is 17. The number of anilines is 6. The second kappa shape index (κ2) is 26.3. The summed E-state index contributed by atoms with van der Waals surface area (Å²) < 4.78 is 0. The monoisotopic (exact) mass is 1430 g/mol. The largest absolute Gasteiger partial charge is 0.311 e. The molecular formula is C110H86N2. The molecule has 0 unspecified atom stereocenters. The number of nitrogens with zero attached hydrogens (tertiary/aromatic N) is 2. The van der Waals surface area contributed by atoms with Crippen LogP contribution < -0.4 is 9.80 Å². The van der Waals surface area contributed by atoms with Crippen LogP contribution in [0.5, 0.6) is 0 Å². The van der Waals surface area contributed by atoms with Gasteiger partial charge in [0.1, 0.15) is 0 Å². The lowest BCUT2D eigenvalue weighted by molar-refractivity contribution is 0.660. The molecule has 17 aromatic rings. The van der Waals surface area contributed by atoms with Crippen LogP contribution in [-0.2, 0) is 21.7 Å². The number of fused-ring (bicyclic) bond motifs is 14. The summed E-state index contributed by atoms with van der Waals surface area (Å²) in [5, 5.41) is 4.91. The van der Waals surface area contributed by atoms with Crippen molar-refractivity contribution >= 4 is 55.7 Å². The minimum absolute atomic E-state index is 0.0409. The van der Waals surface area contributed by atoms with Gasteiger partial charge < -0.3 is 9.80 Å². The van der Waals surface area contributed by atoms with Crippen LogP contribution in [0.25, 0.3) is 122 Å². The molecule has 0 aromatic heterocycles. The SMILES string of the molecule is CC1(C)c2ccccc2-c2ccc(-c3cc(-c4ccc(N(c5ccccc5)c5ccccc5)cc4)cc(-c4ccc5c(c4)C(C)(C)c4ccccc4-5)c3)cc21.CC1(C)c2ccccc2-c2ccc(-c3ccc4cc5c(N(c6ccccc6)c6ccccc6)cc(-c6ccc7c(c6)C(C)(C)c6ccccc6-7)cc5cc4c3)cc21. The third-order valence-electron chi connectivity index (χ3n) is 25.2. The van der Waals surface area contributed by atoms with Crippen molar-refractivity contribution in [2.45, 2.75) is 77.0 Å². The summed E-state index contributed by atoms with van der Waals surface area (Å²) in [6.45, 7) is 18.9. The fourth-order valence-corrected chi connectivity index (χ4v) is 19.3. The minimum Gasteiger partial charge on any atom is -0.311 e. The lowest BCUT2D eigenvalue weighted by atomic mass is 9.81. The maximum Gasteiger partial charge on any atom is 0.0546 e. The van der Waals surface area contributed by atoms with Crippen LogP contribution in [0, 0.1) is 0 Å². The van der Waals surface area contributed by atoms with E-state index in [1.54, 1.807) is 0 Å².